The molecule has 1 rings (SSSR count). The largest absolute Gasteiger partial charge is 0.393 e. The first-order valence-corrected chi connectivity index (χ1v) is 3.41. The molecule has 0 spiro atoms. The fourth-order valence-corrected chi connectivity index (χ4v) is 1.11. The maximum atomic E-state index is 10.5. The van der Waals surface area contributed by atoms with Crippen molar-refractivity contribution in [3.8, 4) is 0 Å². The van der Waals surface area contributed by atoms with Gasteiger partial charge in [0.2, 0.25) is 5.91 Å². The molecule has 0 aliphatic carbocycles. The molecule has 0 bridgehead atoms. The highest BCUT2D eigenvalue weighted by Gasteiger charge is 2.22. The molecule has 1 fully saturated rings. The molecule has 2 atom stereocenters. The molecule has 1 saturated heterocycles. The minimum Gasteiger partial charge on any atom is -0.393 e. The number of carbonyl (C=O) groups is 1. The van der Waals surface area contributed by atoms with Crippen LogP contribution in [-0.2, 0) is 4.79 Å². The number of carbonyl (C=O) groups excluding carboxylic acids is 1. The van der Waals surface area contributed by atoms with Gasteiger partial charge in [0.05, 0.1) is 12.1 Å². The lowest BCUT2D eigenvalue weighted by Gasteiger charge is -2.24. The molecule has 0 aromatic carbocycles. The number of nitrogens with one attached hydrogen (secondary N) is 1. The summed E-state index contributed by atoms with van der Waals surface area (Å²) in [6.45, 7) is 0.675. The number of piperidine rings is 1. The summed E-state index contributed by atoms with van der Waals surface area (Å²) in [5.41, 5.74) is 5.02. The molecule has 4 nitrogen and oxygen atoms in total. The highest BCUT2D eigenvalue weighted by molar-refractivity contribution is 5.85. The molecular formula is C6H13ClN2O2. The van der Waals surface area contributed by atoms with Crippen LogP contribution in [0.3, 0.4) is 0 Å². The Balaban J connectivity index is 0.000001000. The average molecular weight is 181 g/mol. The summed E-state index contributed by atoms with van der Waals surface area (Å²) in [6, 6.07) is -0.330. The SMILES string of the molecule is Cl.NC(=O)[C@@H]1C[C@H](O)CCN1. The van der Waals surface area contributed by atoms with Gasteiger partial charge in [0.1, 0.15) is 0 Å². The van der Waals surface area contributed by atoms with Crippen LogP contribution in [0.5, 0.6) is 0 Å². The predicted molar refractivity (Wildman–Crippen MR) is 43.5 cm³/mol. The van der Waals surface area contributed by atoms with E-state index in [1.165, 1.54) is 0 Å². The van der Waals surface area contributed by atoms with Crippen LogP contribution < -0.4 is 11.1 Å². The Kier molecular flexibility index (Phi) is 4.40. The van der Waals surface area contributed by atoms with E-state index in [4.69, 9.17) is 10.8 Å². The van der Waals surface area contributed by atoms with Crippen LogP contribution in [0.1, 0.15) is 12.8 Å². The van der Waals surface area contributed by atoms with Crippen molar-refractivity contribution in [3.05, 3.63) is 0 Å². The van der Waals surface area contributed by atoms with Crippen molar-refractivity contribution in [2.45, 2.75) is 25.0 Å². The van der Waals surface area contributed by atoms with Gasteiger partial charge in [0, 0.05) is 0 Å². The fourth-order valence-electron chi connectivity index (χ4n) is 1.11. The highest BCUT2D eigenvalue weighted by atomic mass is 35.5. The molecule has 11 heavy (non-hydrogen) atoms. The third-order valence-electron chi connectivity index (χ3n) is 1.72. The first kappa shape index (κ1) is 10.7. The van der Waals surface area contributed by atoms with Crippen LogP contribution in [0.4, 0.5) is 0 Å². The predicted octanol–water partition coefficient (Wildman–Crippen LogP) is -0.994. The summed E-state index contributed by atoms with van der Waals surface area (Å²) in [6.07, 6.45) is 0.804. The molecule has 0 unspecified atom stereocenters. The molecule has 1 aliphatic heterocycles. The number of aliphatic hydroxyl groups excluding tert-OH is 1. The first-order chi connectivity index (χ1) is 4.70. The van der Waals surface area contributed by atoms with E-state index in [2.05, 4.69) is 5.32 Å². The van der Waals surface area contributed by atoms with Crippen molar-refractivity contribution in [2.24, 2.45) is 5.73 Å². The summed E-state index contributed by atoms with van der Waals surface area (Å²) in [4.78, 5) is 10.5. The Labute approximate surface area is 71.6 Å². The maximum Gasteiger partial charge on any atom is 0.234 e. The van der Waals surface area contributed by atoms with E-state index >= 15 is 0 Å². The number of hydrogen-bond donors (Lipinski definition) is 3. The van der Waals surface area contributed by atoms with Gasteiger partial charge in [0.15, 0.2) is 0 Å². The van der Waals surface area contributed by atoms with Crippen LogP contribution in [0, 0.1) is 0 Å². The van der Waals surface area contributed by atoms with E-state index in [0.717, 1.165) is 0 Å². The monoisotopic (exact) mass is 180 g/mol. The average Bonchev–Trinajstić information content (AvgIpc) is 1.88. The van der Waals surface area contributed by atoms with Gasteiger partial charge in [-0.25, -0.2) is 0 Å². The topological polar surface area (TPSA) is 75.4 Å². The van der Waals surface area contributed by atoms with Crippen molar-refractivity contribution in [1.29, 1.82) is 0 Å². The van der Waals surface area contributed by atoms with E-state index < -0.39 is 0 Å². The van der Waals surface area contributed by atoms with Crippen LogP contribution >= 0.6 is 12.4 Å². The molecule has 5 heteroatoms. The van der Waals surface area contributed by atoms with Gasteiger partial charge >= 0.3 is 0 Å². The van der Waals surface area contributed by atoms with E-state index in [1.807, 2.05) is 0 Å². The van der Waals surface area contributed by atoms with E-state index in [0.29, 0.717) is 19.4 Å². The Hall–Kier alpha value is -0.320. The van der Waals surface area contributed by atoms with Crippen LogP contribution in [-0.4, -0.2) is 29.7 Å². The van der Waals surface area contributed by atoms with Gasteiger partial charge < -0.3 is 16.2 Å². The van der Waals surface area contributed by atoms with Gasteiger partial charge in [-0.2, -0.15) is 0 Å². The van der Waals surface area contributed by atoms with Crippen molar-refractivity contribution >= 4 is 18.3 Å². The second-order valence-electron chi connectivity index (χ2n) is 2.59. The van der Waals surface area contributed by atoms with Crippen LogP contribution in [0.2, 0.25) is 0 Å². The van der Waals surface area contributed by atoms with E-state index in [9.17, 15) is 4.79 Å². The molecule has 0 radical (unpaired) electrons. The lowest BCUT2D eigenvalue weighted by Crippen LogP contribution is -2.48. The van der Waals surface area contributed by atoms with Gasteiger partial charge in [-0.1, -0.05) is 0 Å². The van der Waals surface area contributed by atoms with Crippen molar-refractivity contribution in [1.82, 2.24) is 5.32 Å². The molecular weight excluding hydrogens is 168 g/mol. The zero-order chi connectivity index (χ0) is 7.56. The minimum atomic E-state index is -0.376. The summed E-state index contributed by atoms with van der Waals surface area (Å²) in [5, 5.41) is 12.0. The molecule has 1 amide bonds. The Morgan fingerprint density at radius 2 is 2.27 bits per heavy atom. The number of rotatable bonds is 1. The number of amides is 1. The maximum absolute atomic E-state index is 10.5. The number of aliphatic hydroxyl groups is 1. The molecule has 1 heterocycles. The van der Waals surface area contributed by atoms with Crippen LogP contribution in [0.25, 0.3) is 0 Å². The molecule has 4 N–H and O–H groups in total. The van der Waals surface area contributed by atoms with Crippen molar-refractivity contribution in [3.63, 3.8) is 0 Å². The molecule has 0 saturated carbocycles. The van der Waals surface area contributed by atoms with E-state index in [1.54, 1.807) is 0 Å². The molecule has 0 aromatic heterocycles. The van der Waals surface area contributed by atoms with Gasteiger partial charge in [-0.15, -0.1) is 12.4 Å². The smallest absolute Gasteiger partial charge is 0.234 e. The highest BCUT2D eigenvalue weighted by Crippen LogP contribution is 2.06. The number of nitrogens with two attached hydrogens (primary N) is 1. The molecule has 1 aliphatic rings. The van der Waals surface area contributed by atoms with Crippen molar-refractivity contribution in [2.75, 3.05) is 6.54 Å². The summed E-state index contributed by atoms with van der Waals surface area (Å²) < 4.78 is 0. The summed E-state index contributed by atoms with van der Waals surface area (Å²) in [5.74, 6) is -0.376. The second kappa shape index (κ2) is 4.54. The number of hydrogen-bond acceptors (Lipinski definition) is 3. The molecule has 0 aromatic rings. The normalized spacial score (nSPS) is 30.6. The Morgan fingerprint density at radius 1 is 1.64 bits per heavy atom. The zero-order valence-electron chi connectivity index (χ0n) is 6.12. The zero-order valence-corrected chi connectivity index (χ0v) is 6.93. The lowest BCUT2D eigenvalue weighted by atomic mass is 10.0. The Bertz CT molecular complexity index is 143. The number of primary amides is 1. The Morgan fingerprint density at radius 3 is 2.64 bits per heavy atom. The summed E-state index contributed by atoms with van der Waals surface area (Å²) >= 11 is 0. The van der Waals surface area contributed by atoms with Gasteiger partial charge in [-0.3, -0.25) is 4.79 Å². The third-order valence-corrected chi connectivity index (χ3v) is 1.72. The quantitative estimate of drug-likeness (QED) is 0.485. The number of halogens is 1. The van der Waals surface area contributed by atoms with E-state index in [-0.39, 0.29) is 30.5 Å². The third kappa shape index (κ3) is 3.05. The second-order valence-corrected chi connectivity index (χ2v) is 2.59. The standard InChI is InChI=1S/C6H12N2O2.ClH/c7-6(10)5-3-4(9)1-2-8-5;/h4-5,8-9H,1-3H2,(H2,7,10);1H/t4-,5+;/m1./s1. The summed E-state index contributed by atoms with van der Waals surface area (Å²) in [7, 11) is 0. The minimum absolute atomic E-state index is 0. The van der Waals surface area contributed by atoms with Crippen molar-refractivity contribution < 1.29 is 9.90 Å². The fraction of sp³-hybridized carbons (Fsp3) is 0.833. The molecule has 66 valence electrons. The van der Waals surface area contributed by atoms with Gasteiger partial charge in [-0.05, 0) is 19.4 Å². The first-order valence-electron chi connectivity index (χ1n) is 3.41. The van der Waals surface area contributed by atoms with Gasteiger partial charge in [0.25, 0.3) is 0 Å². The van der Waals surface area contributed by atoms with Crippen LogP contribution in [0.15, 0.2) is 0 Å². The lowest BCUT2D eigenvalue weighted by molar-refractivity contribution is -0.121.